The zero-order chi connectivity index (χ0) is 25.5. The molecule has 1 rings (SSSR count). The molecule has 1 aromatic carbocycles. The number of rotatable bonds is 14. The molecule has 0 aromatic heterocycles. The van der Waals surface area contributed by atoms with Crippen LogP contribution >= 0.6 is 0 Å². The standard InChI is InChI=1S/C23H35NO10/c1-6-7-10-28-21(25)18(24)11-17-8-9-19(29-13-31-22(26)33-15(2)3)20(12-17)30-14-32-23(27)34-16(4)5/h8-9,12,15-16,18H,6-7,10-11,13-14,24H2,1-5H3/t18-/m1/s1. The van der Waals surface area contributed by atoms with E-state index in [1.807, 2.05) is 6.92 Å². The van der Waals surface area contributed by atoms with E-state index >= 15 is 0 Å². The lowest BCUT2D eigenvalue weighted by atomic mass is 10.1. The average Bonchev–Trinajstić information content (AvgIpc) is 2.74. The van der Waals surface area contributed by atoms with Crippen LogP contribution in [0.3, 0.4) is 0 Å². The minimum absolute atomic E-state index is 0.169. The summed E-state index contributed by atoms with van der Waals surface area (Å²) in [6.07, 6.45) is -0.645. The predicted molar refractivity (Wildman–Crippen MR) is 120 cm³/mol. The van der Waals surface area contributed by atoms with Gasteiger partial charge in [0.25, 0.3) is 0 Å². The van der Waals surface area contributed by atoms with Crippen molar-refractivity contribution in [3.63, 3.8) is 0 Å². The van der Waals surface area contributed by atoms with E-state index in [-0.39, 0.29) is 30.1 Å². The molecule has 0 unspecified atom stereocenters. The summed E-state index contributed by atoms with van der Waals surface area (Å²) >= 11 is 0. The first-order valence-corrected chi connectivity index (χ1v) is 11.1. The Balaban J connectivity index is 2.81. The molecule has 0 saturated carbocycles. The highest BCUT2D eigenvalue weighted by Gasteiger charge is 2.18. The van der Waals surface area contributed by atoms with Crippen molar-refractivity contribution in [2.45, 2.75) is 72.1 Å². The normalized spacial score (nSPS) is 11.5. The molecule has 0 saturated heterocycles. The third-order valence-corrected chi connectivity index (χ3v) is 3.95. The van der Waals surface area contributed by atoms with E-state index < -0.39 is 37.9 Å². The van der Waals surface area contributed by atoms with Crippen LogP contribution in [-0.2, 0) is 34.9 Å². The second-order valence-corrected chi connectivity index (χ2v) is 7.76. The fourth-order valence-electron chi connectivity index (χ4n) is 2.41. The number of ether oxygens (including phenoxy) is 7. The molecule has 1 atom stereocenters. The molecule has 0 fully saturated rings. The van der Waals surface area contributed by atoms with Crippen molar-refractivity contribution in [1.82, 2.24) is 0 Å². The maximum Gasteiger partial charge on any atom is 0.511 e. The lowest BCUT2D eigenvalue weighted by molar-refractivity contribution is -0.145. The first-order chi connectivity index (χ1) is 16.1. The van der Waals surface area contributed by atoms with Crippen molar-refractivity contribution in [2.75, 3.05) is 20.2 Å². The highest BCUT2D eigenvalue weighted by Crippen LogP contribution is 2.29. The summed E-state index contributed by atoms with van der Waals surface area (Å²) in [6.45, 7) is 8.11. The molecule has 192 valence electrons. The monoisotopic (exact) mass is 485 g/mol. The Bertz CT molecular complexity index is 781. The van der Waals surface area contributed by atoms with E-state index in [4.69, 9.17) is 38.9 Å². The maximum atomic E-state index is 12.1. The third kappa shape index (κ3) is 12.1. The fraction of sp³-hybridized carbons (Fsp3) is 0.609. The molecule has 0 aliphatic heterocycles. The second-order valence-electron chi connectivity index (χ2n) is 7.76. The highest BCUT2D eigenvalue weighted by molar-refractivity contribution is 5.76. The van der Waals surface area contributed by atoms with Crippen LogP contribution in [0.1, 0.15) is 53.0 Å². The Labute approximate surface area is 199 Å². The molecular formula is C23H35NO10. The molecule has 2 N–H and O–H groups in total. The summed E-state index contributed by atoms with van der Waals surface area (Å²) in [5, 5.41) is 0. The SMILES string of the molecule is CCCCOC(=O)[C@H](N)Cc1ccc(OCOC(=O)OC(C)C)c(OCOC(=O)OC(C)C)c1. The number of nitrogens with two attached hydrogens (primary N) is 1. The van der Waals surface area contributed by atoms with Crippen LogP contribution in [0, 0.1) is 0 Å². The van der Waals surface area contributed by atoms with E-state index in [9.17, 15) is 14.4 Å². The second kappa shape index (κ2) is 15.6. The molecule has 0 heterocycles. The maximum absolute atomic E-state index is 12.1. The molecule has 0 bridgehead atoms. The van der Waals surface area contributed by atoms with Crippen LogP contribution in [-0.4, -0.2) is 56.7 Å². The highest BCUT2D eigenvalue weighted by atomic mass is 16.8. The largest absolute Gasteiger partial charge is 0.511 e. The molecule has 1 aromatic rings. The number of benzene rings is 1. The molecular weight excluding hydrogens is 450 g/mol. The van der Waals surface area contributed by atoms with Gasteiger partial charge in [0.1, 0.15) is 6.04 Å². The summed E-state index contributed by atoms with van der Waals surface area (Å²) in [4.78, 5) is 35.1. The molecule has 0 aliphatic rings. The van der Waals surface area contributed by atoms with Gasteiger partial charge in [-0.05, 0) is 58.2 Å². The Kier molecular flexibility index (Phi) is 13.2. The van der Waals surface area contributed by atoms with E-state index in [1.54, 1.807) is 45.9 Å². The lowest BCUT2D eigenvalue weighted by Crippen LogP contribution is -2.34. The van der Waals surface area contributed by atoms with Gasteiger partial charge in [-0.1, -0.05) is 19.4 Å². The van der Waals surface area contributed by atoms with Crippen LogP contribution in [0.5, 0.6) is 11.5 Å². The van der Waals surface area contributed by atoms with Crippen LogP contribution < -0.4 is 15.2 Å². The van der Waals surface area contributed by atoms with Gasteiger partial charge in [-0.25, -0.2) is 9.59 Å². The fourth-order valence-corrected chi connectivity index (χ4v) is 2.41. The summed E-state index contributed by atoms with van der Waals surface area (Å²) in [6, 6.07) is 3.91. The number of hydrogen-bond acceptors (Lipinski definition) is 11. The minimum atomic E-state index is -0.898. The van der Waals surface area contributed by atoms with E-state index in [2.05, 4.69) is 0 Å². The van der Waals surface area contributed by atoms with Crippen molar-refractivity contribution in [1.29, 1.82) is 0 Å². The van der Waals surface area contributed by atoms with E-state index in [0.29, 0.717) is 12.2 Å². The molecule has 0 radical (unpaired) electrons. The molecule has 0 spiro atoms. The minimum Gasteiger partial charge on any atom is -0.465 e. The zero-order valence-corrected chi connectivity index (χ0v) is 20.4. The van der Waals surface area contributed by atoms with Gasteiger partial charge in [-0.15, -0.1) is 0 Å². The van der Waals surface area contributed by atoms with Crippen molar-refractivity contribution >= 4 is 18.3 Å². The number of esters is 1. The lowest BCUT2D eigenvalue weighted by Gasteiger charge is -2.16. The number of unbranched alkanes of at least 4 members (excludes halogenated alkanes) is 1. The topological polar surface area (TPSA) is 142 Å². The quantitative estimate of drug-likeness (QED) is 0.178. The van der Waals surface area contributed by atoms with Crippen molar-refractivity contribution in [2.24, 2.45) is 5.73 Å². The van der Waals surface area contributed by atoms with Crippen molar-refractivity contribution < 1.29 is 47.5 Å². The predicted octanol–water partition coefficient (Wildman–Crippen LogP) is 3.70. The smallest absolute Gasteiger partial charge is 0.465 e. The van der Waals surface area contributed by atoms with Gasteiger partial charge in [0.15, 0.2) is 11.5 Å². The van der Waals surface area contributed by atoms with Gasteiger partial charge in [0, 0.05) is 0 Å². The Morgan fingerprint density at radius 3 is 1.94 bits per heavy atom. The van der Waals surface area contributed by atoms with E-state index in [0.717, 1.165) is 12.8 Å². The van der Waals surface area contributed by atoms with Gasteiger partial charge in [-0.2, -0.15) is 0 Å². The molecule has 11 heteroatoms. The van der Waals surface area contributed by atoms with Crippen LogP contribution in [0.2, 0.25) is 0 Å². The molecule has 0 amide bonds. The number of carbonyl (C=O) groups is 3. The van der Waals surface area contributed by atoms with Crippen molar-refractivity contribution in [3.8, 4) is 11.5 Å². The van der Waals surface area contributed by atoms with Crippen LogP contribution in [0.4, 0.5) is 9.59 Å². The van der Waals surface area contributed by atoms with E-state index in [1.165, 1.54) is 0 Å². The first kappa shape index (κ1) is 28.8. The molecule has 11 nitrogen and oxygen atoms in total. The van der Waals surface area contributed by atoms with Gasteiger partial charge in [0.05, 0.1) is 18.8 Å². The first-order valence-electron chi connectivity index (χ1n) is 11.1. The van der Waals surface area contributed by atoms with Gasteiger partial charge >= 0.3 is 18.3 Å². The Morgan fingerprint density at radius 1 is 0.853 bits per heavy atom. The summed E-state index contributed by atoms with van der Waals surface area (Å²) < 4.78 is 35.5. The number of hydrogen-bond donors (Lipinski definition) is 1. The van der Waals surface area contributed by atoms with Gasteiger partial charge < -0.3 is 38.9 Å². The van der Waals surface area contributed by atoms with Crippen LogP contribution in [0.15, 0.2) is 18.2 Å². The van der Waals surface area contributed by atoms with Crippen molar-refractivity contribution in [3.05, 3.63) is 23.8 Å². The summed E-state index contributed by atoms with van der Waals surface area (Å²) in [5.74, 6) is -0.142. The van der Waals surface area contributed by atoms with Gasteiger partial charge in [0.2, 0.25) is 13.6 Å². The number of carbonyl (C=O) groups excluding carboxylic acids is 3. The Hall–Kier alpha value is -3.21. The van der Waals surface area contributed by atoms with Gasteiger partial charge in [-0.3, -0.25) is 4.79 Å². The average molecular weight is 486 g/mol. The molecule has 0 aliphatic carbocycles. The third-order valence-electron chi connectivity index (χ3n) is 3.95. The summed E-state index contributed by atoms with van der Waals surface area (Å²) in [5.41, 5.74) is 6.60. The Morgan fingerprint density at radius 2 is 1.41 bits per heavy atom. The zero-order valence-electron chi connectivity index (χ0n) is 20.4. The molecule has 34 heavy (non-hydrogen) atoms. The summed E-state index contributed by atoms with van der Waals surface area (Å²) in [7, 11) is 0. The van der Waals surface area contributed by atoms with Crippen LogP contribution in [0.25, 0.3) is 0 Å².